The molecule has 2 aromatic rings. The summed E-state index contributed by atoms with van der Waals surface area (Å²) in [5.41, 5.74) is 2.17. The first-order chi connectivity index (χ1) is 11.1. The number of hydrogen-bond donors (Lipinski definition) is 1. The van der Waals surface area contributed by atoms with E-state index in [1.54, 1.807) is 7.11 Å². The van der Waals surface area contributed by atoms with Gasteiger partial charge < -0.3 is 14.8 Å². The Morgan fingerprint density at radius 1 is 1.08 bits per heavy atom. The number of ether oxygens (including phenoxy) is 2. The highest BCUT2D eigenvalue weighted by Gasteiger charge is 2.12. The fourth-order valence-electron chi connectivity index (χ4n) is 2.25. The molecule has 0 aliphatic carbocycles. The van der Waals surface area contributed by atoms with Crippen LogP contribution in [-0.4, -0.2) is 13.7 Å². The molecule has 0 atom stereocenters. The maximum absolute atomic E-state index is 6.39. The summed E-state index contributed by atoms with van der Waals surface area (Å²) < 4.78 is 11.3. The fraction of sp³-hybridized carbons (Fsp3) is 0.368. The highest BCUT2D eigenvalue weighted by atomic mass is 35.5. The van der Waals surface area contributed by atoms with Crippen LogP contribution in [0.1, 0.15) is 25.0 Å². The summed E-state index contributed by atoms with van der Waals surface area (Å²) in [6, 6.07) is 13.9. The quantitative estimate of drug-likeness (QED) is 0.702. The molecule has 0 saturated heterocycles. The predicted octanol–water partition coefficient (Wildman–Crippen LogP) is 5.10. The first-order valence-corrected chi connectivity index (χ1v) is 8.21. The van der Waals surface area contributed by atoms with Gasteiger partial charge in [-0.2, -0.15) is 0 Å². The third-order valence-electron chi connectivity index (χ3n) is 3.40. The molecule has 3 nitrogen and oxygen atoms in total. The minimum Gasteiger partial charge on any atom is -0.493 e. The number of hydrogen-bond acceptors (Lipinski definition) is 3. The second-order valence-electron chi connectivity index (χ2n) is 5.91. The molecule has 5 heteroatoms. The summed E-state index contributed by atoms with van der Waals surface area (Å²) in [5, 5.41) is 3.97. The van der Waals surface area contributed by atoms with Gasteiger partial charge in [-0.3, -0.25) is 0 Å². The lowest BCUT2D eigenvalue weighted by Gasteiger charge is -2.15. The van der Waals surface area contributed by atoms with E-state index in [2.05, 4.69) is 19.2 Å². The SMILES string of the molecule is COc1cc(CNCC(C)C)cc(Cl)c1OCc1ccccc1.Cl. The van der Waals surface area contributed by atoms with Crippen LogP contribution in [-0.2, 0) is 13.2 Å². The smallest absolute Gasteiger partial charge is 0.180 e. The topological polar surface area (TPSA) is 30.5 Å². The first-order valence-electron chi connectivity index (χ1n) is 7.84. The molecule has 0 fully saturated rings. The Hall–Kier alpha value is -1.42. The van der Waals surface area contributed by atoms with E-state index in [1.807, 2.05) is 42.5 Å². The standard InChI is InChI=1S/C19H24ClNO2.ClH/c1-14(2)11-21-12-16-9-17(20)19(18(10-16)22-3)23-13-15-7-5-4-6-8-15;/h4-10,14,21H,11-13H2,1-3H3;1H. The lowest BCUT2D eigenvalue weighted by molar-refractivity contribution is 0.284. The average molecular weight is 370 g/mol. The van der Waals surface area contributed by atoms with Crippen LogP contribution in [0.3, 0.4) is 0 Å². The lowest BCUT2D eigenvalue weighted by atomic mass is 10.1. The number of rotatable bonds is 8. The van der Waals surface area contributed by atoms with Gasteiger partial charge in [0, 0.05) is 6.54 Å². The average Bonchev–Trinajstić information content (AvgIpc) is 2.54. The zero-order chi connectivity index (χ0) is 16.7. The maximum atomic E-state index is 6.39. The molecular formula is C19H25Cl2NO2. The summed E-state index contributed by atoms with van der Waals surface area (Å²) in [6.07, 6.45) is 0. The summed E-state index contributed by atoms with van der Waals surface area (Å²) in [4.78, 5) is 0. The van der Waals surface area contributed by atoms with Crippen molar-refractivity contribution in [2.45, 2.75) is 27.0 Å². The normalized spacial score (nSPS) is 10.4. The van der Waals surface area contributed by atoms with Gasteiger partial charge in [-0.15, -0.1) is 12.4 Å². The van der Waals surface area contributed by atoms with Crippen LogP contribution in [0.5, 0.6) is 11.5 Å². The van der Waals surface area contributed by atoms with Crippen LogP contribution in [0.25, 0.3) is 0 Å². The van der Waals surface area contributed by atoms with Crippen molar-refractivity contribution in [2.24, 2.45) is 5.92 Å². The number of halogens is 2. The summed E-state index contributed by atoms with van der Waals surface area (Å²) in [7, 11) is 1.63. The van der Waals surface area contributed by atoms with E-state index in [4.69, 9.17) is 21.1 Å². The molecule has 2 aromatic carbocycles. The molecule has 0 unspecified atom stereocenters. The Balaban J connectivity index is 0.00000288. The van der Waals surface area contributed by atoms with Crippen molar-refractivity contribution in [3.05, 3.63) is 58.6 Å². The molecule has 0 aromatic heterocycles. The van der Waals surface area contributed by atoms with Gasteiger partial charge in [0.2, 0.25) is 0 Å². The Morgan fingerprint density at radius 3 is 2.42 bits per heavy atom. The molecular weight excluding hydrogens is 345 g/mol. The maximum Gasteiger partial charge on any atom is 0.180 e. The van der Waals surface area contributed by atoms with E-state index in [0.29, 0.717) is 29.0 Å². The van der Waals surface area contributed by atoms with Gasteiger partial charge in [0.25, 0.3) is 0 Å². The first kappa shape index (κ1) is 20.6. The molecule has 24 heavy (non-hydrogen) atoms. The van der Waals surface area contributed by atoms with Gasteiger partial charge in [-0.05, 0) is 35.7 Å². The number of methoxy groups -OCH3 is 1. The third-order valence-corrected chi connectivity index (χ3v) is 3.68. The van der Waals surface area contributed by atoms with Crippen LogP contribution in [0.2, 0.25) is 5.02 Å². The monoisotopic (exact) mass is 369 g/mol. The van der Waals surface area contributed by atoms with E-state index in [1.165, 1.54) is 0 Å². The zero-order valence-electron chi connectivity index (χ0n) is 14.3. The third kappa shape index (κ3) is 6.23. The number of benzene rings is 2. The van der Waals surface area contributed by atoms with Crippen molar-refractivity contribution < 1.29 is 9.47 Å². The summed E-state index contributed by atoms with van der Waals surface area (Å²) >= 11 is 6.39. The van der Waals surface area contributed by atoms with Crippen molar-refractivity contribution in [3.8, 4) is 11.5 Å². The second kappa shape index (κ2) is 10.4. The van der Waals surface area contributed by atoms with Crippen LogP contribution >= 0.6 is 24.0 Å². The van der Waals surface area contributed by atoms with E-state index in [9.17, 15) is 0 Å². The Kier molecular flexibility index (Phi) is 8.98. The van der Waals surface area contributed by atoms with Gasteiger partial charge in [-0.1, -0.05) is 55.8 Å². The van der Waals surface area contributed by atoms with Crippen molar-refractivity contribution in [1.29, 1.82) is 0 Å². The summed E-state index contributed by atoms with van der Waals surface area (Å²) in [6.45, 7) is 6.55. The number of nitrogens with one attached hydrogen (secondary N) is 1. The molecule has 0 heterocycles. The van der Waals surface area contributed by atoms with Crippen molar-refractivity contribution in [2.75, 3.05) is 13.7 Å². The van der Waals surface area contributed by atoms with Gasteiger partial charge in [-0.25, -0.2) is 0 Å². The zero-order valence-corrected chi connectivity index (χ0v) is 15.9. The van der Waals surface area contributed by atoms with Crippen LogP contribution in [0.4, 0.5) is 0 Å². The van der Waals surface area contributed by atoms with Gasteiger partial charge in [0.1, 0.15) is 6.61 Å². The lowest BCUT2D eigenvalue weighted by Crippen LogP contribution is -2.19. The Morgan fingerprint density at radius 2 is 1.79 bits per heavy atom. The molecule has 0 bridgehead atoms. The minimum atomic E-state index is 0. The van der Waals surface area contributed by atoms with Gasteiger partial charge >= 0.3 is 0 Å². The second-order valence-corrected chi connectivity index (χ2v) is 6.32. The summed E-state index contributed by atoms with van der Waals surface area (Å²) in [5.74, 6) is 1.86. The highest BCUT2D eigenvalue weighted by molar-refractivity contribution is 6.32. The molecule has 1 N–H and O–H groups in total. The van der Waals surface area contributed by atoms with E-state index < -0.39 is 0 Å². The minimum absolute atomic E-state index is 0. The molecule has 0 aliphatic heterocycles. The molecule has 0 saturated carbocycles. The van der Waals surface area contributed by atoms with E-state index in [0.717, 1.165) is 24.2 Å². The molecule has 0 spiro atoms. The largest absolute Gasteiger partial charge is 0.493 e. The van der Waals surface area contributed by atoms with Gasteiger partial charge in [0.05, 0.1) is 12.1 Å². The fourth-order valence-corrected chi connectivity index (χ4v) is 2.54. The molecule has 132 valence electrons. The van der Waals surface area contributed by atoms with Crippen molar-refractivity contribution in [3.63, 3.8) is 0 Å². The molecule has 0 radical (unpaired) electrons. The highest BCUT2D eigenvalue weighted by Crippen LogP contribution is 2.37. The van der Waals surface area contributed by atoms with E-state index >= 15 is 0 Å². The Labute approximate surface area is 155 Å². The molecule has 2 rings (SSSR count). The predicted molar refractivity (Wildman–Crippen MR) is 103 cm³/mol. The van der Waals surface area contributed by atoms with Gasteiger partial charge in [0.15, 0.2) is 11.5 Å². The van der Waals surface area contributed by atoms with Crippen molar-refractivity contribution >= 4 is 24.0 Å². The Bertz CT molecular complexity index is 618. The molecule has 0 aliphatic rings. The van der Waals surface area contributed by atoms with Crippen LogP contribution < -0.4 is 14.8 Å². The van der Waals surface area contributed by atoms with Crippen molar-refractivity contribution in [1.82, 2.24) is 5.32 Å². The van der Waals surface area contributed by atoms with E-state index in [-0.39, 0.29) is 12.4 Å². The van der Waals surface area contributed by atoms with Crippen LogP contribution in [0, 0.1) is 5.92 Å². The molecule has 0 amide bonds. The van der Waals surface area contributed by atoms with Crippen LogP contribution in [0.15, 0.2) is 42.5 Å².